The van der Waals surface area contributed by atoms with Crippen LogP contribution in [0, 0.1) is 0 Å². The standard InChI is InChI=1S/C12H18N4O/c13-10-5-4-6-14-12(10)15-9-11(17)16-7-2-1-3-8-16/h4-6H,1-3,7-9,13H2,(H,14,15). The molecule has 0 aliphatic carbocycles. The van der Waals surface area contributed by atoms with Crippen molar-refractivity contribution >= 4 is 17.4 Å². The van der Waals surface area contributed by atoms with Crippen molar-refractivity contribution in [3.8, 4) is 0 Å². The Labute approximate surface area is 101 Å². The molecule has 5 heteroatoms. The fourth-order valence-electron chi connectivity index (χ4n) is 1.98. The molecule has 2 rings (SSSR count). The van der Waals surface area contributed by atoms with Gasteiger partial charge >= 0.3 is 0 Å². The summed E-state index contributed by atoms with van der Waals surface area (Å²) in [7, 11) is 0. The lowest BCUT2D eigenvalue weighted by molar-refractivity contribution is -0.130. The maximum atomic E-state index is 11.9. The molecule has 2 heterocycles. The van der Waals surface area contributed by atoms with Crippen LogP contribution in [0.15, 0.2) is 18.3 Å². The second-order valence-corrected chi connectivity index (χ2v) is 4.24. The van der Waals surface area contributed by atoms with Gasteiger partial charge in [-0.2, -0.15) is 0 Å². The Morgan fingerprint density at radius 3 is 2.88 bits per heavy atom. The van der Waals surface area contributed by atoms with E-state index >= 15 is 0 Å². The van der Waals surface area contributed by atoms with Gasteiger partial charge in [0.2, 0.25) is 5.91 Å². The molecule has 1 aliphatic heterocycles. The number of amides is 1. The van der Waals surface area contributed by atoms with E-state index in [9.17, 15) is 4.79 Å². The van der Waals surface area contributed by atoms with Crippen molar-refractivity contribution in [2.75, 3.05) is 30.7 Å². The number of anilines is 2. The Bertz CT molecular complexity index is 388. The molecular formula is C12H18N4O. The van der Waals surface area contributed by atoms with E-state index in [1.54, 1.807) is 18.3 Å². The SMILES string of the molecule is Nc1cccnc1NCC(=O)N1CCCCC1. The summed E-state index contributed by atoms with van der Waals surface area (Å²) >= 11 is 0. The first-order valence-corrected chi connectivity index (χ1v) is 5.99. The van der Waals surface area contributed by atoms with Gasteiger partial charge in [-0.05, 0) is 31.4 Å². The summed E-state index contributed by atoms with van der Waals surface area (Å²) in [6.45, 7) is 2.01. The van der Waals surface area contributed by atoms with Crippen LogP contribution in [-0.2, 0) is 4.79 Å². The van der Waals surface area contributed by atoms with Crippen LogP contribution in [0.5, 0.6) is 0 Å². The number of aromatic nitrogens is 1. The summed E-state index contributed by atoms with van der Waals surface area (Å²) in [6.07, 6.45) is 5.10. The smallest absolute Gasteiger partial charge is 0.241 e. The second-order valence-electron chi connectivity index (χ2n) is 4.24. The summed E-state index contributed by atoms with van der Waals surface area (Å²) in [5.74, 6) is 0.701. The van der Waals surface area contributed by atoms with Crippen molar-refractivity contribution in [2.24, 2.45) is 0 Å². The van der Waals surface area contributed by atoms with Crippen LogP contribution >= 0.6 is 0 Å². The molecule has 0 atom stereocenters. The lowest BCUT2D eigenvalue weighted by Gasteiger charge is -2.26. The van der Waals surface area contributed by atoms with Crippen molar-refractivity contribution < 1.29 is 4.79 Å². The van der Waals surface area contributed by atoms with Gasteiger partial charge in [0.05, 0.1) is 12.2 Å². The third-order valence-electron chi connectivity index (χ3n) is 2.95. The highest BCUT2D eigenvalue weighted by molar-refractivity contribution is 5.81. The average molecular weight is 234 g/mol. The number of hydrogen-bond donors (Lipinski definition) is 2. The summed E-state index contributed by atoms with van der Waals surface area (Å²) in [5, 5.41) is 2.98. The molecule has 1 aromatic rings. The molecule has 1 fully saturated rings. The molecule has 17 heavy (non-hydrogen) atoms. The maximum Gasteiger partial charge on any atom is 0.241 e. The molecule has 5 nitrogen and oxygen atoms in total. The molecule has 1 amide bonds. The van der Waals surface area contributed by atoms with Gasteiger partial charge in [-0.1, -0.05) is 0 Å². The molecule has 92 valence electrons. The van der Waals surface area contributed by atoms with Crippen molar-refractivity contribution in [3.63, 3.8) is 0 Å². The number of nitrogen functional groups attached to an aromatic ring is 1. The first-order valence-electron chi connectivity index (χ1n) is 5.99. The van der Waals surface area contributed by atoms with Gasteiger partial charge in [-0.3, -0.25) is 4.79 Å². The lowest BCUT2D eigenvalue weighted by Crippen LogP contribution is -2.39. The fraction of sp³-hybridized carbons (Fsp3) is 0.500. The minimum absolute atomic E-state index is 0.120. The molecule has 0 unspecified atom stereocenters. The zero-order chi connectivity index (χ0) is 12.1. The molecule has 1 aliphatic rings. The topological polar surface area (TPSA) is 71.2 Å². The number of piperidine rings is 1. The van der Waals surface area contributed by atoms with Gasteiger partial charge in [0.25, 0.3) is 0 Å². The number of nitrogens with two attached hydrogens (primary N) is 1. The molecular weight excluding hydrogens is 216 g/mol. The number of carbonyl (C=O) groups excluding carboxylic acids is 1. The molecule has 0 radical (unpaired) electrons. The quantitative estimate of drug-likeness (QED) is 0.821. The van der Waals surface area contributed by atoms with E-state index in [0.29, 0.717) is 11.5 Å². The van der Waals surface area contributed by atoms with Crippen LogP contribution in [0.2, 0.25) is 0 Å². The summed E-state index contributed by atoms with van der Waals surface area (Å²) in [5.41, 5.74) is 6.30. The Balaban J connectivity index is 1.85. The highest BCUT2D eigenvalue weighted by Crippen LogP contribution is 2.13. The van der Waals surface area contributed by atoms with Crippen molar-refractivity contribution in [1.29, 1.82) is 0 Å². The summed E-state index contributed by atoms with van der Waals surface area (Å²) in [6, 6.07) is 3.54. The molecule has 0 bridgehead atoms. The number of carbonyl (C=O) groups is 1. The van der Waals surface area contributed by atoms with E-state index in [1.165, 1.54) is 6.42 Å². The Morgan fingerprint density at radius 1 is 1.41 bits per heavy atom. The highest BCUT2D eigenvalue weighted by atomic mass is 16.2. The van der Waals surface area contributed by atoms with Gasteiger partial charge in [0, 0.05) is 19.3 Å². The van der Waals surface area contributed by atoms with E-state index in [2.05, 4.69) is 10.3 Å². The normalized spacial score (nSPS) is 15.6. The van der Waals surface area contributed by atoms with Crippen molar-refractivity contribution in [1.82, 2.24) is 9.88 Å². The zero-order valence-electron chi connectivity index (χ0n) is 9.85. The van der Waals surface area contributed by atoms with Crippen molar-refractivity contribution in [3.05, 3.63) is 18.3 Å². The number of rotatable bonds is 3. The van der Waals surface area contributed by atoms with Crippen LogP contribution in [0.4, 0.5) is 11.5 Å². The Morgan fingerprint density at radius 2 is 2.18 bits per heavy atom. The van der Waals surface area contributed by atoms with Gasteiger partial charge in [0.1, 0.15) is 5.82 Å². The molecule has 0 saturated carbocycles. The lowest BCUT2D eigenvalue weighted by atomic mass is 10.1. The van der Waals surface area contributed by atoms with E-state index in [1.807, 2.05) is 4.90 Å². The number of pyridine rings is 1. The molecule has 1 saturated heterocycles. The van der Waals surface area contributed by atoms with E-state index in [-0.39, 0.29) is 12.5 Å². The first kappa shape index (κ1) is 11.7. The minimum Gasteiger partial charge on any atom is -0.396 e. The molecule has 3 N–H and O–H groups in total. The minimum atomic E-state index is 0.120. The average Bonchev–Trinajstić information content (AvgIpc) is 2.38. The number of likely N-dealkylation sites (tertiary alicyclic amines) is 1. The van der Waals surface area contributed by atoms with Gasteiger partial charge in [-0.15, -0.1) is 0 Å². The second kappa shape index (κ2) is 5.52. The molecule has 1 aromatic heterocycles. The first-order chi connectivity index (χ1) is 8.27. The Kier molecular flexibility index (Phi) is 3.80. The van der Waals surface area contributed by atoms with Crippen LogP contribution in [-0.4, -0.2) is 35.4 Å². The maximum absolute atomic E-state index is 11.9. The number of nitrogens with zero attached hydrogens (tertiary/aromatic N) is 2. The van der Waals surface area contributed by atoms with Gasteiger partial charge in [0.15, 0.2) is 0 Å². The number of nitrogens with one attached hydrogen (secondary N) is 1. The van der Waals surface area contributed by atoms with Crippen LogP contribution in [0.1, 0.15) is 19.3 Å². The summed E-state index contributed by atoms with van der Waals surface area (Å²) < 4.78 is 0. The monoisotopic (exact) mass is 234 g/mol. The van der Waals surface area contributed by atoms with Crippen LogP contribution < -0.4 is 11.1 Å². The highest BCUT2D eigenvalue weighted by Gasteiger charge is 2.16. The van der Waals surface area contributed by atoms with E-state index < -0.39 is 0 Å². The van der Waals surface area contributed by atoms with Gasteiger partial charge < -0.3 is 16.0 Å². The fourth-order valence-corrected chi connectivity index (χ4v) is 1.98. The van der Waals surface area contributed by atoms with Crippen LogP contribution in [0.3, 0.4) is 0 Å². The van der Waals surface area contributed by atoms with E-state index in [4.69, 9.17) is 5.73 Å². The van der Waals surface area contributed by atoms with Gasteiger partial charge in [-0.25, -0.2) is 4.98 Å². The molecule has 0 aromatic carbocycles. The third kappa shape index (κ3) is 3.09. The summed E-state index contributed by atoms with van der Waals surface area (Å²) in [4.78, 5) is 17.9. The predicted octanol–water partition coefficient (Wildman–Crippen LogP) is 1.09. The number of hydrogen-bond acceptors (Lipinski definition) is 4. The van der Waals surface area contributed by atoms with Crippen LogP contribution in [0.25, 0.3) is 0 Å². The third-order valence-corrected chi connectivity index (χ3v) is 2.95. The molecule has 0 spiro atoms. The Hall–Kier alpha value is -1.78. The zero-order valence-corrected chi connectivity index (χ0v) is 9.85. The van der Waals surface area contributed by atoms with Crippen molar-refractivity contribution in [2.45, 2.75) is 19.3 Å². The predicted molar refractivity (Wildman–Crippen MR) is 67.6 cm³/mol. The largest absolute Gasteiger partial charge is 0.396 e. The van der Waals surface area contributed by atoms with E-state index in [0.717, 1.165) is 25.9 Å².